The maximum Gasteiger partial charge on any atom is 0.460 e. The average molecular weight is 562 g/mol. The predicted molar refractivity (Wildman–Crippen MR) is 90.9 cm³/mol. The molecule has 1 unspecified atom stereocenters. The van der Waals surface area contributed by atoms with Gasteiger partial charge in [-0.05, 0) is 12.1 Å². The fraction of sp³-hybridized carbons (Fsp3) is 0.294. The lowest BCUT2D eigenvalue weighted by Gasteiger charge is -2.43. The van der Waals surface area contributed by atoms with Crippen LogP contribution in [0.1, 0.15) is 11.1 Å². The van der Waals surface area contributed by atoms with E-state index >= 15 is 13.2 Å². The summed E-state index contributed by atoms with van der Waals surface area (Å²) < 4.78 is 139. The monoisotopic (exact) mass is 560 g/mol. The van der Waals surface area contributed by atoms with E-state index in [2.05, 4.69) is 31.9 Å². The molecule has 0 nitrogen and oxygen atoms in total. The van der Waals surface area contributed by atoms with Gasteiger partial charge in [-0.1, -0.05) is 68.3 Å². The SMILES string of the molecule is FC(F)(F)C(F)(F)C(F)(F)C(F)(c1ccccc1Br)C(F)(F)c1ccccc1Br. The Kier molecular flexibility index (Phi) is 6.15. The third kappa shape index (κ3) is 3.45. The van der Waals surface area contributed by atoms with Gasteiger partial charge in [-0.2, -0.15) is 39.5 Å². The van der Waals surface area contributed by atoms with E-state index in [0.29, 0.717) is 6.07 Å². The highest BCUT2D eigenvalue weighted by Gasteiger charge is 2.86. The minimum absolute atomic E-state index is 0.273. The van der Waals surface area contributed by atoms with Crippen LogP contribution in [0.3, 0.4) is 0 Å². The average Bonchev–Trinajstić information content (AvgIpc) is 2.60. The lowest BCUT2D eigenvalue weighted by atomic mass is 9.77. The van der Waals surface area contributed by atoms with Gasteiger partial charge in [0, 0.05) is 20.1 Å². The maximum atomic E-state index is 15.7. The minimum atomic E-state index is -7.13. The van der Waals surface area contributed by atoms with Gasteiger partial charge in [0.2, 0.25) is 0 Å². The van der Waals surface area contributed by atoms with E-state index in [1.165, 1.54) is 0 Å². The van der Waals surface area contributed by atoms with Crippen LogP contribution in [0, 0.1) is 0 Å². The van der Waals surface area contributed by atoms with Gasteiger partial charge < -0.3 is 0 Å². The Balaban J connectivity index is 2.96. The normalized spacial score (nSPS) is 15.9. The Hall–Kier alpha value is -1.30. The molecule has 2 aromatic carbocycles. The van der Waals surface area contributed by atoms with Crippen molar-refractivity contribution in [3.05, 3.63) is 68.6 Å². The van der Waals surface area contributed by atoms with Crippen LogP contribution in [0.25, 0.3) is 0 Å². The number of halogens is 12. The first-order chi connectivity index (χ1) is 13.0. The Morgan fingerprint density at radius 2 is 0.897 bits per heavy atom. The second kappa shape index (κ2) is 7.44. The molecule has 0 bridgehead atoms. The highest BCUT2D eigenvalue weighted by atomic mass is 79.9. The van der Waals surface area contributed by atoms with Gasteiger partial charge in [0.1, 0.15) is 0 Å². The maximum absolute atomic E-state index is 15.7. The van der Waals surface area contributed by atoms with Crippen molar-refractivity contribution in [2.24, 2.45) is 0 Å². The molecule has 2 rings (SSSR count). The molecule has 12 heteroatoms. The Morgan fingerprint density at radius 1 is 0.517 bits per heavy atom. The van der Waals surface area contributed by atoms with Crippen LogP contribution in [0.4, 0.5) is 43.9 Å². The third-order valence-electron chi connectivity index (χ3n) is 4.07. The van der Waals surface area contributed by atoms with Crippen molar-refractivity contribution >= 4 is 31.9 Å². The van der Waals surface area contributed by atoms with Crippen molar-refractivity contribution in [2.75, 3.05) is 0 Å². The number of rotatable bonds is 5. The van der Waals surface area contributed by atoms with Gasteiger partial charge in [-0.15, -0.1) is 0 Å². The first-order valence-corrected chi connectivity index (χ1v) is 9.01. The molecule has 0 radical (unpaired) electrons. The van der Waals surface area contributed by atoms with E-state index in [-0.39, 0.29) is 6.07 Å². The molecule has 160 valence electrons. The molecule has 0 aliphatic carbocycles. The summed E-state index contributed by atoms with van der Waals surface area (Å²) in [5.74, 6) is -19.6. The molecule has 0 fully saturated rings. The minimum Gasteiger partial charge on any atom is -0.224 e. The molecular formula is C17H8Br2F10. The highest BCUT2D eigenvalue weighted by molar-refractivity contribution is 9.10. The zero-order valence-corrected chi connectivity index (χ0v) is 16.8. The molecule has 0 saturated heterocycles. The lowest BCUT2D eigenvalue weighted by Crippen LogP contribution is -2.65. The zero-order chi connectivity index (χ0) is 22.5. The van der Waals surface area contributed by atoms with Crippen molar-refractivity contribution in [1.29, 1.82) is 0 Å². The molecule has 0 amide bonds. The number of alkyl halides is 10. The van der Waals surface area contributed by atoms with Crippen molar-refractivity contribution in [2.45, 2.75) is 29.6 Å². The van der Waals surface area contributed by atoms with Crippen LogP contribution in [0.15, 0.2) is 57.5 Å². The molecule has 0 aromatic heterocycles. The summed E-state index contributed by atoms with van der Waals surface area (Å²) in [6.07, 6.45) is -7.01. The second-order valence-corrected chi connectivity index (χ2v) is 7.55. The van der Waals surface area contributed by atoms with Crippen LogP contribution >= 0.6 is 31.9 Å². The smallest absolute Gasteiger partial charge is 0.224 e. The molecule has 29 heavy (non-hydrogen) atoms. The quantitative estimate of drug-likeness (QED) is 0.324. The fourth-order valence-corrected chi connectivity index (χ4v) is 3.66. The molecule has 2 aromatic rings. The van der Waals surface area contributed by atoms with Crippen molar-refractivity contribution in [3.8, 4) is 0 Å². The van der Waals surface area contributed by atoms with Crippen molar-refractivity contribution in [3.63, 3.8) is 0 Å². The Morgan fingerprint density at radius 3 is 1.28 bits per heavy atom. The first kappa shape index (κ1) is 24.0. The van der Waals surface area contributed by atoms with Gasteiger partial charge in [-0.25, -0.2) is 4.39 Å². The summed E-state index contributed by atoms with van der Waals surface area (Å²) in [7, 11) is 0. The number of hydrogen-bond acceptors (Lipinski definition) is 0. The van der Waals surface area contributed by atoms with Crippen LogP contribution in [0.5, 0.6) is 0 Å². The predicted octanol–water partition coefficient (Wildman–Crippen LogP) is 8.00. The molecule has 0 aliphatic heterocycles. The van der Waals surface area contributed by atoms with Crippen LogP contribution in [0.2, 0.25) is 0 Å². The third-order valence-corrected chi connectivity index (χ3v) is 5.46. The summed E-state index contributed by atoms with van der Waals surface area (Å²) in [6, 6.07) is 6.09. The van der Waals surface area contributed by atoms with E-state index in [0.717, 1.165) is 36.4 Å². The van der Waals surface area contributed by atoms with Crippen LogP contribution < -0.4 is 0 Å². The molecule has 1 atom stereocenters. The topological polar surface area (TPSA) is 0 Å². The summed E-state index contributed by atoms with van der Waals surface area (Å²) in [6.45, 7) is 0. The van der Waals surface area contributed by atoms with E-state index in [4.69, 9.17) is 0 Å². The second-order valence-electron chi connectivity index (χ2n) is 5.84. The van der Waals surface area contributed by atoms with Crippen LogP contribution in [-0.2, 0) is 11.6 Å². The van der Waals surface area contributed by atoms with E-state index in [1.54, 1.807) is 0 Å². The van der Waals surface area contributed by atoms with Crippen molar-refractivity contribution in [1.82, 2.24) is 0 Å². The van der Waals surface area contributed by atoms with Gasteiger partial charge in [0.15, 0.2) is 0 Å². The number of benzene rings is 2. The summed E-state index contributed by atoms with van der Waals surface area (Å²) in [5.41, 5.74) is -9.13. The standard InChI is InChI=1S/C17H8Br2F10/c18-11-7-3-1-5-9(11)13(20,15(23,24)16(25,26)17(27,28)29)14(21,22)10-6-2-4-8-12(10)19/h1-8H. The van der Waals surface area contributed by atoms with Crippen LogP contribution in [-0.4, -0.2) is 18.0 Å². The highest BCUT2D eigenvalue weighted by Crippen LogP contribution is 2.64. The van der Waals surface area contributed by atoms with E-state index in [9.17, 15) is 30.7 Å². The van der Waals surface area contributed by atoms with E-state index < -0.39 is 49.7 Å². The number of hydrogen-bond donors (Lipinski definition) is 0. The molecule has 0 N–H and O–H groups in total. The van der Waals surface area contributed by atoms with Gasteiger partial charge in [0.25, 0.3) is 5.67 Å². The lowest BCUT2D eigenvalue weighted by molar-refractivity contribution is -0.404. The largest absolute Gasteiger partial charge is 0.460 e. The summed E-state index contributed by atoms with van der Waals surface area (Å²) in [5, 5.41) is 0. The summed E-state index contributed by atoms with van der Waals surface area (Å²) >= 11 is 5.04. The Labute approximate surface area is 174 Å². The van der Waals surface area contributed by atoms with Gasteiger partial charge in [-0.3, -0.25) is 0 Å². The molecular weight excluding hydrogens is 554 g/mol. The Bertz CT molecular complexity index is 894. The first-order valence-electron chi connectivity index (χ1n) is 7.42. The molecule has 0 heterocycles. The van der Waals surface area contributed by atoms with Gasteiger partial charge in [0.05, 0.1) is 0 Å². The molecule has 0 spiro atoms. The van der Waals surface area contributed by atoms with Crippen molar-refractivity contribution < 1.29 is 43.9 Å². The van der Waals surface area contributed by atoms with Gasteiger partial charge >= 0.3 is 23.9 Å². The molecule has 0 saturated carbocycles. The fourth-order valence-electron chi connectivity index (χ4n) is 2.57. The van der Waals surface area contributed by atoms with E-state index in [1.807, 2.05) is 0 Å². The molecule has 0 aliphatic rings. The summed E-state index contributed by atoms with van der Waals surface area (Å²) in [4.78, 5) is 0. The zero-order valence-electron chi connectivity index (χ0n) is 13.7.